The molecule has 3 rings (SSSR count). The Labute approximate surface area is 129 Å². The van der Waals surface area contributed by atoms with E-state index in [1.54, 1.807) is 31.2 Å². The van der Waals surface area contributed by atoms with Crippen molar-refractivity contribution in [2.24, 2.45) is 5.14 Å². The van der Waals surface area contributed by atoms with E-state index >= 15 is 0 Å². The second-order valence-corrected chi connectivity index (χ2v) is 6.55. The minimum Gasteiger partial charge on any atom is -0.440 e. The van der Waals surface area contributed by atoms with E-state index in [0.717, 1.165) is 16.8 Å². The maximum absolute atomic E-state index is 9.47. The van der Waals surface area contributed by atoms with E-state index in [0.29, 0.717) is 11.7 Å². The van der Waals surface area contributed by atoms with Crippen molar-refractivity contribution in [3.05, 3.63) is 60.5 Å². The molecule has 4 N–H and O–H groups in total. The van der Waals surface area contributed by atoms with Gasteiger partial charge in [0.15, 0.2) is 11.7 Å². The summed E-state index contributed by atoms with van der Waals surface area (Å²) in [7, 11) is -3.21. The van der Waals surface area contributed by atoms with Crippen LogP contribution < -0.4 is 5.14 Å². The minimum absolute atomic E-state index is 0.286. The van der Waals surface area contributed by atoms with Crippen molar-refractivity contribution >= 4 is 10.8 Å². The molecule has 114 valence electrons. The lowest BCUT2D eigenvalue weighted by molar-refractivity contribution is 0.489. The zero-order valence-electron chi connectivity index (χ0n) is 11.9. The third-order valence-electron chi connectivity index (χ3n) is 3.24. The fourth-order valence-corrected chi connectivity index (χ4v) is 2.76. The number of benzene rings is 2. The van der Waals surface area contributed by atoms with Crippen LogP contribution in [0, 0.1) is 6.92 Å². The smallest absolute Gasteiger partial charge is 0.192 e. The van der Waals surface area contributed by atoms with E-state index in [9.17, 15) is 9.11 Å². The summed E-state index contributed by atoms with van der Waals surface area (Å²) in [5.74, 6) is 1.21. The summed E-state index contributed by atoms with van der Waals surface area (Å²) < 4.78 is 24.7. The van der Waals surface area contributed by atoms with Gasteiger partial charge in [0.2, 0.25) is 0 Å². The molecular weight excluding hydrogens is 300 g/mol. The molecule has 5 nitrogen and oxygen atoms in total. The van der Waals surface area contributed by atoms with Crippen LogP contribution in [0.2, 0.25) is 0 Å². The summed E-state index contributed by atoms with van der Waals surface area (Å²) >= 11 is 0. The summed E-state index contributed by atoms with van der Waals surface area (Å²) in [6.07, 6.45) is 0. The number of hydrogen-bond acceptors (Lipinski definition) is 5. The molecule has 0 radical (unpaired) electrons. The lowest BCUT2D eigenvalue weighted by Crippen LogP contribution is -2.07. The molecule has 0 saturated carbocycles. The topological polar surface area (TPSA) is 92.5 Å². The molecule has 2 aromatic carbocycles. The molecule has 0 saturated heterocycles. The first-order chi connectivity index (χ1) is 10.4. The van der Waals surface area contributed by atoms with Gasteiger partial charge in [-0.25, -0.2) is 10.1 Å². The zero-order chi connectivity index (χ0) is 15.7. The number of rotatable bonds is 3. The van der Waals surface area contributed by atoms with E-state index in [2.05, 4.69) is 4.98 Å². The SMILES string of the molecule is Cc1nc(-c2ccccc2)c(-c2ccc(S(N)(O)O)cc2)o1. The molecule has 0 spiro atoms. The lowest BCUT2D eigenvalue weighted by atomic mass is 10.1. The van der Waals surface area contributed by atoms with Gasteiger partial charge in [-0.2, -0.15) is 0 Å². The Kier molecular flexibility index (Phi) is 3.76. The van der Waals surface area contributed by atoms with Gasteiger partial charge in [0.05, 0.1) is 4.90 Å². The fraction of sp³-hybridized carbons (Fsp3) is 0.0625. The Morgan fingerprint density at radius 2 is 1.59 bits per heavy atom. The van der Waals surface area contributed by atoms with Crippen molar-refractivity contribution < 1.29 is 13.5 Å². The van der Waals surface area contributed by atoms with Crippen molar-refractivity contribution in [3.8, 4) is 22.6 Å². The largest absolute Gasteiger partial charge is 0.440 e. The van der Waals surface area contributed by atoms with Crippen molar-refractivity contribution in [1.29, 1.82) is 0 Å². The van der Waals surface area contributed by atoms with Gasteiger partial charge < -0.3 is 4.42 Å². The quantitative estimate of drug-likeness (QED) is 0.670. The van der Waals surface area contributed by atoms with Crippen LogP contribution in [0.3, 0.4) is 0 Å². The minimum atomic E-state index is -3.21. The second kappa shape index (κ2) is 5.58. The van der Waals surface area contributed by atoms with E-state index in [1.807, 2.05) is 30.3 Å². The normalized spacial score (nSPS) is 12.4. The van der Waals surface area contributed by atoms with Crippen LogP contribution in [-0.2, 0) is 0 Å². The highest BCUT2D eigenvalue weighted by molar-refractivity contribution is 8.22. The Balaban J connectivity index is 2.06. The first-order valence-electron chi connectivity index (χ1n) is 6.64. The Morgan fingerprint density at radius 3 is 2.18 bits per heavy atom. The number of oxazole rings is 1. The molecule has 6 heteroatoms. The van der Waals surface area contributed by atoms with Gasteiger partial charge in [-0.1, -0.05) is 30.3 Å². The average molecular weight is 316 g/mol. The van der Waals surface area contributed by atoms with E-state index in [4.69, 9.17) is 9.56 Å². The summed E-state index contributed by atoms with van der Waals surface area (Å²) in [4.78, 5) is 4.73. The monoisotopic (exact) mass is 316 g/mol. The van der Waals surface area contributed by atoms with Gasteiger partial charge in [0.1, 0.15) is 5.69 Å². The van der Waals surface area contributed by atoms with Crippen LogP contribution in [0.4, 0.5) is 0 Å². The summed E-state index contributed by atoms with van der Waals surface area (Å²) in [6.45, 7) is 1.79. The number of aryl methyl sites for hydroxylation is 1. The van der Waals surface area contributed by atoms with E-state index < -0.39 is 10.8 Å². The van der Waals surface area contributed by atoms with Gasteiger partial charge in [-0.3, -0.25) is 9.11 Å². The number of hydrogen-bond donors (Lipinski definition) is 3. The molecule has 0 aliphatic heterocycles. The highest BCUT2D eigenvalue weighted by Gasteiger charge is 2.16. The van der Waals surface area contributed by atoms with Gasteiger partial charge in [0, 0.05) is 18.1 Å². The van der Waals surface area contributed by atoms with Crippen molar-refractivity contribution in [2.75, 3.05) is 0 Å². The lowest BCUT2D eigenvalue weighted by Gasteiger charge is -2.26. The predicted molar refractivity (Wildman–Crippen MR) is 87.4 cm³/mol. The third kappa shape index (κ3) is 2.90. The molecule has 3 aromatic rings. The zero-order valence-corrected chi connectivity index (χ0v) is 12.7. The summed E-state index contributed by atoms with van der Waals surface area (Å²) in [5.41, 5.74) is 2.51. The molecule has 0 atom stereocenters. The van der Waals surface area contributed by atoms with Crippen molar-refractivity contribution in [1.82, 2.24) is 4.98 Å². The molecule has 1 aromatic heterocycles. The molecule has 0 fully saturated rings. The van der Waals surface area contributed by atoms with Crippen LogP contribution in [0.15, 0.2) is 63.9 Å². The highest BCUT2D eigenvalue weighted by atomic mass is 32.3. The number of nitrogens with two attached hydrogens (primary N) is 1. The molecule has 1 heterocycles. The molecular formula is C16H16N2O3S. The van der Waals surface area contributed by atoms with Gasteiger partial charge >= 0.3 is 0 Å². The van der Waals surface area contributed by atoms with E-state index in [-0.39, 0.29) is 4.90 Å². The average Bonchev–Trinajstić information content (AvgIpc) is 2.89. The maximum Gasteiger partial charge on any atom is 0.192 e. The van der Waals surface area contributed by atoms with Gasteiger partial charge in [-0.15, -0.1) is 10.8 Å². The molecule has 22 heavy (non-hydrogen) atoms. The van der Waals surface area contributed by atoms with Crippen molar-refractivity contribution in [3.63, 3.8) is 0 Å². The van der Waals surface area contributed by atoms with Crippen LogP contribution in [0.5, 0.6) is 0 Å². The predicted octanol–water partition coefficient (Wildman–Crippen LogP) is 4.30. The van der Waals surface area contributed by atoms with Crippen LogP contribution >= 0.6 is 10.8 Å². The van der Waals surface area contributed by atoms with E-state index in [1.165, 1.54) is 0 Å². The maximum atomic E-state index is 9.47. The van der Waals surface area contributed by atoms with Crippen LogP contribution in [0.1, 0.15) is 5.89 Å². The Hall–Kier alpha value is -2.12. The number of aromatic nitrogens is 1. The molecule has 0 amide bonds. The number of nitrogens with zero attached hydrogens (tertiary/aromatic N) is 1. The second-order valence-electron chi connectivity index (χ2n) is 4.89. The summed E-state index contributed by atoms with van der Waals surface area (Å²) in [6, 6.07) is 16.4. The summed E-state index contributed by atoms with van der Waals surface area (Å²) in [5, 5.41) is 5.33. The molecule has 0 bridgehead atoms. The molecule has 0 unspecified atom stereocenters. The molecule has 0 aliphatic carbocycles. The highest BCUT2D eigenvalue weighted by Crippen LogP contribution is 2.41. The fourth-order valence-electron chi connectivity index (χ4n) is 2.22. The van der Waals surface area contributed by atoms with Crippen LogP contribution in [-0.4, -0.2) is 14.1 Å². The van der Waals surface area contributed by atoms with Crippen molar-refractivity contribution in [2.45, 2.75) is 11.8 Å². The van der Waals surface area contributed by atoms with Gasteiger partial charge in [-0.05, 0) is 24.3 Å². The van der Waals surface area contributed by atoms with Crippen LogP contribution in [0.25, 0.3) is 22.6 Å². The Bertz CT molecular complexity index is 777. The Morgan fingerprint density at radius 1 is 0.955 bits per heavy atom. The molecule has 0 aliphatic rings. The first-order valence-corrected chi connectivity index (χ1v) is 8.25. The van der Waals surface area contributed by atoms with Gasteiger partial charge in [0.25, 0.3) is 0 Å². The first kappa shape index (κ1) is 14.8. The standard InChI is InChI=1S/C16H16N2O3S/c1-11-18-15(12-5-3-2-4-6-12)16(21-11)13-7-9-14(10-8-13)22(17,19)20/h2-10,19-20H,17H2,1H3. The third-order valence-corrected chi connectivity index (χ3v) is 4.21.